The van der Waals surface area contributed by atoms with E-state index in [1.165, 1.54) is 0 Å². The molecule has 3 fully saturated rings. The summed E-state index contributed by atoms with van der Waals surface area (Å²) in [4.78, 5) is 37.1. The zero-order valence-electron chi connectivity index (χ0n) is 16.4. The number of anilines is 1. The van der Waals surface area contributed by atoms with Gasteiger partial charge in [-0.25, -0.2) is 14.8 Å². The van der Waals surface area contributed by atoms with Gasteiger partial charge in [-0.1, -0.05) is 24.3 Å². The van der Waals surface area contributed by atoms with Gasteiger partial charge in [-0.3, -0.25) is 4.79 Å². The molecular weight excluding hydrogens is 384 g/mol. The molecule has 8 heteroatoms. The Morgan fingerprint density at radius 2 is 1.87 bits per heavy atom. The molecule has 2 N–H and O–H groups in total. The number of aromatic nitrogens is 1. The van der Waals surface area contributed by atoms with E-state index < -0.39 is 11.9 Å². The summed E-state index contributed by atoms with van der Waals surface area (Å²) in [5, 5.41) is 1.74. The first-order valence-corrected chi connectivity index (χ1v) is 10.1. The summed E-state index contributed by atoms with van der Waals surface area (Å²) in [5.41, 5.74) is 6.90. The standard InChI is InChI=1S/C22H22N4O4/c23-20(27)21-24-19-16(7-4-8-18(19)29-21)22(28)30-26(15-5-2-1-3-6-15)17-13-25-11-9-14(17)10-12-25/h1-8,14,17H,9-13H2,(H2,23,27)/t17-/m1/s1. The number of para-hydroxylation sites is 2. The number of oxazole rings is 1. The van der Waals surface area contributed by atoms with Crippen LogP contribution in [0.5, 0.6) is 0 Å². The third kappa shape index (κ3) is 3.29. The van der Waals surface area contributed by atoms with E-state index >= 15 is 0 Å². The van der Waals surface area contributed by atoms with Crippen molar-refractivity contribution in [2.45, 2.75) is 18.9 Å². The molecule has 4 heterocycles. The van der Waals surface area contributed by atoms with E-state index in [0.29, 0.717) is 11.5 Å². The zero-order chi connectivity index (χ0) is 20.7. The van der Waals surface area contributed by atoms with E-state index in [0.717, 1.165) is 38.2 Å². The van der Waals surface area contributed by atoms with Crippen molar-refractivity contribution in [3.05, 3.63) is 60.0 Å². The highest BCUT2D eigenvalue weighted by molar-refractivity contribution is 6.03. The number of primary amides is 1. The average molecular weight is 406 g/mol. The van der Waals surface area contributed by atoms with Crippen molar-refractivity contribution in [1.29, 1.82) is 0 Å². The van der Waals surface area contributed by atoms with E-state index in [1.54, 1.807) is 23.3 Å². The van der Waals surface area contributed by atoms with Gasteiger partial charge in [0.25, 0.3) is 5.89 Å². The number of hydrogen-bond acceptors (Lipinski definition) is 7. The molecule has 1 atom stereocenters. The monoisotopic (exact) mass is 406 g/mol. The maximum Gasteiger partial charge on any atom is 0.365 e. The molecule has 6 rings (SSSR count). The van der Waals surface area contributed by atoms with Crippen molar-refractivity contribution >= 4 is 28.7 Å². The summed E-state index contributed by atoms with van der Waals surface area (Å²) in [6.45, 7) is 3.03. The minimum Gasteiger partial charge on any atom is -0.432 e. The molecule has 2 aromatic carbocycles. The Balaban J connectivity index is 1.49. The first kappa shape index (κ1) is 18.6. The van der Waals surface area contributed by atoms with Crippen molar-refractivity contribution in [3.8, 4) is 0 Å². The number of carbonyl (C=O) groups is 2. The van der Waals surface area contributed by atoms with E-state index in [-0.39, 0.29) is 23.0 Å². The molecule has 0 radical (unpaired) electrons. The molecule has 0 unspecified atom stereocenters. The lowest BCUT2D eigenvalue weighted by molar-refractivity contribution is 0.0105. The Bertz CT molecular complexity index is 1090. The van der Waals surface area contributed by atoms with Crippen LogP contribution in [0.25, 0.3) is 11.1 Å². The Kier molecular flexibility index (Phi) is 4.63. The van der Waals surface area contributed by atoms with Crippen LogP contribution in [0.3, 0.4) is 0 Å². The second kappa shape index (κ2) is 7.46. The molecule has 30 heavy (non-hydrogen) atoms. The van der Waals surface area contributed by atoms with Crippen molar-refractivity contribution < 1.29 is 18.8 Å². The third-order valence-electron chi connectivity index (χ3n) is 5.96. The van der Waals surface area contributed by atoms with Crippen molar-refractivity contribution in [1.82, 2.24) is 9.88 Å². The van der Waals surface area contributed by atoms with E-state index in [9.17, 15) is 9.59 Å². The van der Waals surface area contributed by atoms with E-state index in [2.05, 4.69) is 9.88 Å². The van der Waals surface area contributed by atoms with Gasteiger partial charge in [0.1, 0.15) is 5.52 Å². The second-order valence-corrected chi connectivity index (χ2v) is 7.78. The molecule has 1 aromatic heterocycles. The molecule has 0 saturated carbocycles. The highest BCUT2D eigenvalue weighted by Gasteiger charge is 2.40. The number of rotatable bonds is 5. The predicted octanol–water partition coefficient (Wildman–Crippen LogP) is 2.60. The van der Waals surface area contributed by atoms with Crippen LogP contribution in [-0.4, -0.2) is 47.4 Å². The van der Waals surface area contributed by atoms with Crippen LogP contribution in [0, 0.1) is 5.92 Å². The summed E-state index contributed by atoms with van der Waals surface area (Å²) < 4.78 is 5.35. The Morgan fingerprint density at radius 1 is 1.10 bits per heavy atom. The van der Waals surface area contributed by atoms with Gasteiger partial charge in [0.2, 0.25) is 0 Å². The molecule has 3 aliphatic rings. The van der Waals surface area contributed by atoms with Gasteiger partial charge >= 0.3 is 11.9 Å². The van der Waals surface area contributed by atoms with Gasteiger partial charge < -0.3 is 19.9 Å². The molecule has 3 aliphatic heterocycles. The molecule has 154 valence electrons. The molecule has 3 aromatic rings. The molecule has 0 spiro atoms. The van der Waals surface area contributed by atoms with Crippen LogP contribution in [0.15, 0.2) is 52.9 Å². The lowest BCUT2D eigenvalue weighted by Gasteiger charge is -2.48. The molecule has 0 aliphatic carbocycles. The quantitative estimate of drug-likeness (QED) is 0.650. The largest absolute Gasteiger partial charge is 0.432 e. The molecule has 2 bridgehead atoms. The van der Waals surface area contributed by atoms with Crippen molar-refractivity contribution in [3.63, 3.8) is 0 Å². The summed E-state index contributed by atoms with van der Waals surface area (Å²) in [5.74, 6) is -1.11. The van der Waals surface area contributed by atoms with Crippen molar-refractivity contribution in [2.75, 3.05) is 24.7 Å². The lowest BCUT2D eigenvalue weighted by atomic mass is 9.83. The minimum absolute atomic E-state index is 0.0801. The van der Waals surface area contributed by atoms with E-state index in [1.807, 2.05) is 30.3 Å². The number of amides is 1. The fourth-order valence-electron chi connectivity index (χ4n) is 4.44. The molecule has 1 amide bonds. The number of nitrogens with two attached hydrogens (primary N) is 1. The maximum atomic E-state index is 13.2. The highest BCUT2D eigenvalue weighted by Crippen LogP contribution is 2.34. The predicted molar refractivity (Wildman–Crippen MR) is 110 cm³/mol. The summed E-state index contributed by atoms with van der Waals surface area (Å²) >= 11 is 0. The van der Waals surface area contributed by atoms with Gasteiger partial charge in [0.05, 0.1) is 17.3 Å². The second-order valence-electron chi connectivity index (χ2n) is 7.78. The normalized spacial score (nSPS) is 22.7. The van der Waals surface area contributed by atoms with Crippen LogP contribution in [-0.2, 0) is 4.84 Å². The SMILES string of the molecule is NC(=O)c1nc2c(C(=O)ON(c3ccccc3)[C@@H]3CN4CCC3CC4)cccc2o1. The van der Waals surface area contributed by atoms with Gasteiger partial charge in [-0.05, 0) is 56.1 Å². The maximum absolute atomic E-state index is 13.2. The Morgan fingerprint density at radius 3 is 2.53 bits per heavy atom. The molecule has 3 saturated heterocycles. The fourth-order valence-corrected chi connectivity index (χ4v) is 4.44. The number of piperidine rings is 3. The van der Waals surface area contributed by atoms with Crippen molar-refractivity contribution in [2.24, 2.45) is 11.7 Å². The van der Waals surface area contributed by atoms with Gasteiger partial charge in [-0.15, -0.1) is 0 Å². The van der Waals surface area contributed by atoms with Crippen LogP contribution >= 0.6 is 0 Å². The fraction of sp³-hybridized carbons (Fsp3) is 0.318. The molecular formula is C22H22N4O4. The number of benzene rings is 2. The number of hydroxylamine groups is 1. The number of nitrogens with zero attached hydrogens (tertiary/aromatic N) is 3. The van der Waals surface area contributed by atoms with Crippen LogP contribution < -0.4 is 10.8 Å². The smallest absolute Gasteiger partial charge is 0.365 e. The topological polar surface area (TPSA) is 102 Å². The van der Waals surface area contributed by atoms with Gasteiger partial charge in [0, 0.05) is 6.54 Å². The van der Waals surface area contributed by atoms with Crippen LogP contribution in [0.1, 0.15) is 33.9 Å². The van der Waals surface area contributed by atoms with E-state index in [4.69, 9.17) is 15.0 Å². The van der Waals surface area contributed by atoms with Gasteiger partial charge in [0.15, 0.2) is 5.58 Å². The zero-order valence-corrected chi connectivity index (χ0v) is 16.4. The Hall–Kier alpha value is -3.39. The lowest BCUT2D eigenvalue weighted by Crippen LogP contribution is -2.57. The average Bonchev–Trinajstić information content (AvgIpc) is 3.23. The molecule has 8 nitrogen and oxygen atoms in total. The summed E-state index contributed by atoms with van der Waals surface area (Å²) in [7, 11) is 0. The first-order chi connectivity index (χ1) is 14.6. The number of fused-ring (bicyclic) bond motifs is 4. The Labute approximate surface area is 173 Å². The first-order valence-electron chi connectivity index (χ1n) is 10.1. The van der Waals surface area contributed by atoms with Crippen LogP contribution in [0.2, 0.25) is 0 Å². The highest BCUT2D eigenvalue weighted by atomic mass is 16.7. The summed E-state index contributed by atoms with van der Waals surface area (Å²) in [6.07, 6.45) is 2.18. The summed E-state index contributed by atoms with van der Waals surface area (Å²) in [6, 6.07) is 14.6. The van der Waals surface area contributed by atoms with Gasteiger partial charge in [-0.2, -0.15) is 0 Å². The minimum atomic E-state index is -0.788. The third-order valence-corrected chi connectivity index (χ3v) is 5.96. The number of carbonyl (C=O) groups excluding carboxylic acids is 2. The number of hydrogen-bond donors (Lipinski definition) is 1. The van der Waals surface area contributed by atoms with Crippen LogP contribution in [0.4, 0.5) is 5.69 Å².